The van der Waals surface area contributed by atoms with Gasteiger partial charge in [0, 0.05) is 18.6 Å². The van der Waals surface area contributed by atoms with Gasteiger partial charge in [0.25, 0.3) is 0 Å². The Bertz CT molecular complexity index is 384. The Morgan fingerprint density at radius 2 is 1.89 bits per heavy atom. The summed E-state index contributed by atoms with van der Waals surface area (Å²) in [6.45, 7) is 8.91. The summed E-state index contributed by atoms with van der Waals surface area (Å²) in [5.74, 6) is 0.345. The molecule has 3 heteroatoms. The van der Waals surface area contributed by atoms with E-state index in [4.69, 9.17) is 0 Å². The number of aromatic hydroxyl groups is 1. The summed E-state index contributed by atoms with van der Waals surface area (Å²) in [7, 11) is 0. The fourth-order valence-corrected chi connectivity index (χ4v) is 2.94. The van der Waals surface area contributed by atoms with E-state index in [2.05, 4.69) is 24.1 Å². The lowest BCUT2D eigenvalue weighted by molar-refractivity contribution is 0.191. The van der Waals surface area contributed by atoms with Crippen LogP contribution in [0.25, 0.3) is 0 Å². The summed E-state index contributed by atoms with van der Waals surface area (Å²) >= 11 is 0. The van der Waals surface area contributed by atoms with Gasteiger partial charge in [-0.2, -0.15) is 0 Å². The number of benzene rings is 1. The first-order valence-electron chi connectivity index (χ1n) is 7.43. The van der Waals surface area contributed by atoms with Crippen LogP contribution in [0, 0.1) is 0 Å². The molecule has 1 heterocycles. The number of rotatable bonds is 4. The van der Waals surface area contributed by atoms with Crippen LogP contribution in [0.15, 0.2) is 24.3 Å². The van der Waals surface area contributed by atoms with E-state index in [1.807, 2.05) is 12.1 Å². The number of hydrogen-bond acceptors (Lipinski definition) is 3. The first-order valence-corrected chi connectivity index (χ1v) is 7.43. The molecule has 2 N–H and O–H groups in total. The van der Waals surface area contributed by atoms with Gasteiger partial charge in [0.05, 0.1) is 0 Å². The fraction of sp³-hybridized carbons (Fsp3) is 0.625. The van der Waals surface area contributed by atoms with Crippen molar-refractivity contribution in [2.24, 2.45) is 0 Å². The Hall–Kier alpha value is -1.06. The van der Waals surface area contributed by atoms with E-state index >= 15 is 0 Å². The third-order valence-electron chi connectivity index (χ3n) is 4.37. The minimum Gasteiger partial charge on any atom is -0.508 e. The lowest BCUT2D eigenvalue weighted by Crippen LogP contribution is -2.50. The molecule has 1 fully saturated rings. The van der Waals surface area contributed by atoms with E-state index in [9.17, 15) is 5.11 Å². The quantitative estimate of drug-likeness (QED) is 0.876. The number of phenolic OH excluding ortho intramolecular Hbond substituents is 1. The third-order valence-corrected chi connectivity index (χ3v) is 4.37. The molecule has 0 spiro atoms. The largest absolute Gasteiger partial charge is 0.508 e. The SMILES string of the molecule is CCC1(CC)CN(Cc2ccc(O)cc2)CCCN1. The molecule has 0 atom stereocenters. The summed E-state index contributed by atoms with van der Waals surface area (Å²) in [6, 6.07) is 7.59. The summed E-state index contributed by atoms with van der Waals surface area (Å²) in [5.41, 5.74) is 1.55. The van der Waals surface area contributed by atoms with Gasteiger partial charge < -0.3 is 10.4 Å². The highest BCUT2D eigenvalue weighted by molar-refractivity contribution is 5.25. The third kappa shape index (κ3) is 3.71. The van der Waals surface area contributed by atoms with Crippen molar-refractivity contribution < 1.29 is 5.11 Å². The van der Waals surface area contributed by atoms with Crippen molar-refractivity contribution in [2.75, 3.05) is 19.6 Å². The van der Waals surface area contributed by atoms with Gasteiger partial charge in [-0.05, 0) is 50.0 Å². The predicted octanol–water partition coefficient (Wildman–Crippen LogP) is 2.75. The Morgan fingerprint density at radius 1 is 1.21 bits per heavy atom. The summed E-state index contributed by atoms with van der Waals surface area (Å²) in [4.78, 5) is 2.54. The number of nitrogens with one attached hydrogen (secondary N) is 1. The minimum absolute atomic E-state index is 0.271. The molecule has 1 aliphatic rings. The molecule has 0 bridgehead atoms. The van der Waals surface area contributed by atoms with E-state index in [-0.39, 0.29) is 5.54 Å². The zero-order valence-corrected chi connectivity index (χ0v) is 12.2. The second-order valence-electron chi connectivity index (χ2n) is 5.64. The molecule has 2 rings (SSSR count). The van der Waals surface area contributed by atoms with Gasteiger partial charge in [0.2, 0.25) is 0 Å². The smallest absolute Gasteiger partial charge is 0.115 e. The van der Waals surface area contributed by atoms with Gasteiger partial charge >= 0.3 is 0 Å². The maximum Gasteiger partial charge on any atom is 0.115 e. The molecule has 1 saturated heterocycles. The Balaban J connectivity index is 2.04. The fourth-order valence-electron chi connectivity index (χ4n) is 2.94. The standard InChI is InChI=1S/C16H26N2O/c1-3-16(4-2)13-18(11-5-10-17-16)12-14-6-8-15(19)9-7-14/h6-9,17,19H,3-5,10-13H2,1-2H3. The number of nitrogens with zero attached hydrogens (tertiary/aromatic N) is 1. The number of phenols is 1. The molecule has 19 heavy (non-hydrogen) atoms. The van der Waals surface area contributed by atoms with Crippen molar-refractivity contribution in [3.8, 4) is 5.75 Å². The summed E-state index contributed by atoms with van der Waals surface area (Å²) in [5, 5.41) is 13.1. The molecule has 106 valence electrons. The highest BCUT2D eigenvalue weighted by Crippen LogP contribution is 2.21. The predicted molar refractivity (Wildman–Crippen MR) is 79.3 cm³/mol. The zero-order chi connectivity index (χ0) is 13.7. The maximum absolute atomic E-state index is 9.34. The van der Waals surface area contributed by atoms with Crippen molar-refractivity contribution >= 4 is 0 Å². The molecule has 0 unspecified atom stereocenters. The van der Waals surface area contributed by atoms with Gasteiger partial charge in [-0.3, -0.25) is 4.90 Å². The summed E-state index contributed by atoms with van der Waals surface area (Å²) < 4.78 is 0. The van der Waals surface area contributed by atoms with E-state index in [1.54, 1.807) is 12.1 Å². The van der Waals surface area contributed by atoms with Gasteiger partial charge in [-0.15, -0.1) is 0 Å². The zero-order valence-electron chi connectivity index (χ0n) is 12.2. The van der Waals surface area contributed by atoms with Crippen LogP contribution < -0.4 is 5.32 Å². The normalized spacial score (nSPS) is 20.1. The monoisotopic (exact) mass is 262 g/mol. The topological polar surface area (TPSA) is 35.5 Å². The van der Waals surface area contributed by atoms with E-state index in [0.29, 0.717) is 5.75 Å². The van der Waals surface area contributed by atoms with E-state index in [0.717, 1.165) is 26.2 Å². The van der Waals surface area contributed by atoms with Crippen LogP contribution in [0.4, 0.5) is 0 Å². The molecule has 1 aromatic carbocycles. The second-order valence-corrected chi connectivity index (χ2v) is 5.64. The van der Waals surface area contributed by atoms with Crippen molar-refractivity contribution in [3.63, 3.8) is 0 Å². The molecule has 0 saturated carbocycles. The average molecular weight is 262 g/mol. The van der Waals surface area contributed by atoms with Gasteiger partial charge in [-0.1, -0.05) is 26.0 Å². The van der Waals surface area contributed by atoms with Gasteiger partial charge in [0.1, 0.15) is 5.75 Å². The van der Waals surface area contributed by atoms with Crippen LogP contribution in [0.5, 0.6) is 5.75 Å². The molecule has 0 radical (unpaired) electrons. The molecular formula is C16H26N2O. The highest BCUT2D eigenvalue weighted by atomic mass is 16.3. The molecule has 0 aliphatic carbocycles. The van der Waals surface area contributed by atoms with E-state index in [1.165, 1.54) is 24.8 Å². The van der Waals surface area contributed by atoms with Crippen molar-refractivity contribution in [1.82, 2.24) is 10.2 Å². The van der Waals surface area contributed by atoms with Crippen LogP contribution in [-0.4, -0.2) is 35.2 Å². The van der Waals surface area contributed by atoms with Gasteiger partial charge in [0.15, 0.2) is 0 Å². The van der Waals surface area contributed by atoms with Crippen LogP contribution in [0.3, 0.4) is 0 Å². The Kier molecular flexibility index (Phi) is 4.83. The molecule has 1 aromatic rings. The van der Waals surface area contributed by atoms with Crippen LogP contribution in [0.1, 0.15) is 38.7 Å². The first-order chi connectivity index (χ1) is 9.17. The lowest BCUT2D eigenvalue weighted by Gasteiger charge is -2.35. The highest BCUT2D eigenvalue weighted by Gasteiger charge is 2.29. The lowest BCUT2D eigenvalue weighted by atomic mass is 9.92. The molecule has 0 amide bonds. The molecule has 3 nitrogen and oxygen atoms in total. The maximum atomic E-state index is 9.34. The first kappa shape index (κ1) is 14.4. The number of hydrogen-bond donors (Lipinski definition) is 2. The van der Waals surface area contributed by atoms with Crippen molar-refractivity contribution in [2.45, 2.75) is 45.2 Å². The average Bonchev–Trinajstić information content (AvgIpc) is 2.64. The van der Waals surface area contributed by atoms with Crippen LogP contribution >= 0.6 is 0 Å². The van der Waals surface area contributed by atoms with E-state index < -0.39 is 0 Å². The molecule has 0 aromatic heterocycles. The van der Waals surface area contributed by atoms with Crippen molar-refractivity contribution in [1.29, 1.82) is 0 Å². The second kappa shape index (κ2) is 6.40. The Morgan fingerprint density at radius 3 is 2.53 bits per heavy atom. The Labute approximate surface area is 116 Å². The molecule has 1 aliphatic heterocycles. The summed E-state index contributed by atoms with van der Waals surface area (Å²) in [6.07, 6.45) is 3.56. The van der Waals surface area contributed by atoms with Crippen molar-refractivity contribution in [3.05, 3.63) is 29.8 Å². The van der Waals surface area contributed by atoms with Gasteiger partial charge in [-0.25, -0.2) is 0 Å². The van der Waals surface area contributed by atoms with Crippen LogP contribution in [-0.2, 0) is 6.54 Å². The minimum atomic E-state index is 0.271. The van der Waals surface area contributed by atoms with Crippen LogP contribution in [0.2, 0.25) is 0 Å². The molecular weight excluding hydrogens is 236 g/mol.